The number of benzene rings is 2. The number of nitrogens with one attached hydrogen (secondary N) is 1. The Labute approximate surface area is 174 Å². The van der Waals surface area contributed by atoms with Gasteiger partial charge in [-0.05, 0) is 54.5 Å². The molecule has 0 saturated carbocycles. The van der Waals surface area contributed by atoms with Crippen LogP contribution in [0.25, 0.3) is 0 Å². The number of halogens is 3. The van der Waals surface area contributed by atoms with Gasteiger partial charge in [0.1, 0.15) is 0 Å². The second-order valence-corrected chi connectivity index (χ2v) is 8.22. The summed E-state index contributed by atoms with van der Waals surface area (Å²) in [7, 11) is 0. The molecule has 0 aliphatic carbocycles. The summed E-state index contributed by atoms with van der Waals surface area (Å²) in [6, 6.07) is 13.0. The average Bonchev–Trinajstić information content (AvgIpc) is 2.73. The predicted octanol–water partition coefficient (Wildman–Crippen LogP) is 5.01. The number of likely N-dealkylation sites (tertiary alicyclic amines) is 1. The van der Waals surface area contributed by atoms with Crippen molar-refractivity contribution in [1.29, 1.82) is 0 Å². The van der Waals surface area contributed by atoms with E-state index in [-0.39, 0.29) is 11.7 Å². The Morgan fingerprint density at radius 3 is 2.67 bits per heavy atom. The monoisotopic (exact) mass is 417 g/mol. The second-order valence-electron chi connectivity index (χ2n) is 8.22. The van der Waals surface area contributed by atoms with Crippen LogP contribution in [0.5, 0.6) is 0 Å². The summed E-state index contributed by atoms with van der Waals surface area (Å²) >= 11 is 0. The number of urea groups is 1. The van der Waals surface area contributed by atoms with Crippen molar-refractivity contribution < 1.29 is 18.0 Å². The SMILES string of the molecule is O=C(Nc1cccc(C(F)(F)F)c1)N1CCC[C@H](CN2CCc3ccccc3C2)C1. The van der Waals surface area contributed by atoms with Crippen molar-refractivity contribution in [2.24, 2.45) is 5.92 Å². The number of rotatable bonds is 3. The molecule has 0 bridgehead atoms. The van der Waals surface area contributed by atoms with Crippen LogP contribution < -0.4 is 5.32 Å². The number of carbonyl (C=O) groups is 1. The number of nitrogens with zero attached hydrogens (tertiary/aromatic N) is 2. The molecule has 7 heteroatoms. The molecule has 2 aromatic rings. The maximum atomic E-state index is 12.9. The first-order valence-electron chi connectivity index (χ1n) is 10.4. The van der Waals surface area contributed by atoms with Crippen LogP contribution in [0.1, 0.15) is 29.5 Å². The number of carbonyl (C=O) groups excluding carboxylic acids is 1. The molecule has 2 aliphatic rings. The molecule has 1 saturated heterocycles. The van der Waals surface area contributed by atoms with Crippen LogP contribution >= 0.6 is 0 Å². The molecule has 4 rings (SSSR count). The highest BCUT2D eigenvalue weighted by molar-refractivity contribution is 5.89. The van der Waals surface area contributed by atoms with Crippen molar-refractivity contribution in [3.8, 4) is 0 Å². The van der Waals surface area contributed by atoms with Gasteiger partial charge >= 0.3 is 12.2 Å². The van der Waals surface area contributed by atoms with Crippen molar-refractivity contribution in [1.82, 2.24) is 9.80 Å². The molecule has 1 atom stereocenters. The quantitative estimate of drug-likeness (QED) is 0.762. The van der Waals surface area contributed by atoms with Gasteiger partial charge in [0.2, 0.25) is 0 Å². The van der Waals surface area contributed by atoms with Crippen LogP contribution in [-0.4, -0.2) is 42.0 Å². The van der Waals surface area contributed by atoms with E-state index in [1.54, 1.807) is 4.90 Å². The third-order valence-corrected chi connectivity index (χ3v) is 5.97. The zero-order valence-electron chi connectivity index (χ0n) is 16.8. The summed E-state index contributed by atoms with van der Waals surface area (Å²) in [5.41, 5.74) is 2.20. The van der Waals surface area contributed by atoms with Gasteiger partial charge in [-0.2, -0.15) is 13.2 Å². The lowest BCUT2D eigenvalue weighted by Crippen LogP contribution is -2.46. The van der Waals surface area contributed by atoms with Crippen LogP contribution in [0.3, 0.4) is 0 Å². The van der Waals surface area contributed by atoms with Crippen LogP contribution in [0, 0.1) is 5.92 Å². The Balaban J connectivity index is 1.33. The number of hydrogen-bond acceptors (Lipinski definition) is 2. The highest BCUT2D eigenvalue weighted by atomic mass is 19.4. The summed E-state index contributed by atoms with van der Waals surface area (Å²) in [6.07, 6.45) is -1.41. The van der Waals surface area contributed by atoms with Gasteiger partial charge in [0, 0.05) is 38.4 Å². The molecule has 2 aromatic carbocycles. The van der Waals surface area contributed by atoms with E-state index in [9.17, 15) is 18.0 Å². The van der Waals surface area contributed by atoms with Gasteiger partial charge in [-0.15, -0.1) is 0 Å². The van der Waals surface area contributed by atoms with Crippen molar-refractivity contribution in [2.75, 3.05) is 31.5 Å². The summed E-state index contributed by atoms with van der Waals surface area (Å²) in [6.45, 7) is 4.14. The minimum Gasteiger partial charge on any atom is -0.324 e. The van der Waals surface area contributed by atoms with Crippen molar-refractivity contribution >= 4 is 11.7 Å². The summed E-state index contributed by atoms with van der Waals surface area (Å²) in [5, 5.41) is 2.63. The number of amides is 2. The Kier molecular flexibility index (Phi) is 5.99. The smallest absolute Gasteiger partial charge is 0.324 e. The van der Waals surface area contributed by atoms with E-state index in [1.807, 2.05) is 0 Å². The van der Waals surface area contributed by atoms with Gasteiger partial charge in [0.15, 0.2) is 0 Å². The molecule has 2 aliphatic heterocycles. The number of fused-ring (bicyclic) bond motifs is 1. The highest BCUT2D eigenvalue weighted by Gasteiger charge is 2.31. The maximum Gasteiger partial charge on any atom is 0.416 e. The molecule has 1 N–H and O–H groups in total. The minimum atomic E-state index is -4.43. The zero-order valence-corrected chi connectivity index (χ0v) is 16.8. The highest BCUT2D eigenvalue weighted by Crippen LogP contribution is 2.31. The van der Waals surface area contributed by atoms with Crippen molar-refractivity contribution in [2.45, 2.75) is 32.0 Å². The number of hydrogen-bond donors (Lipinski definition) is 1. The Bertz CT molecular complexity index is 899. The van der Waals surface area contributed by atoms with E-state index < -0.39 is 11.7 Å². The third-order valence-electron chi connectivity index (χ3n) is 5.97. The van der Waals surface area contributed by atoms with Crippen molar-refractivity contribution in [3.05, 3.63) is 65.2 Å². The molecule has 4 nitrogen and oxygen atoms in total. The van der Waals surface area contributed by atoms with Gasteiger partial charge in [-0.3, -0.25) is 4.90 Å². The van der Waals surface area contributed by atoms with Gasteiger partial charge in [0.05, 0.1) is 5.56 Å². The minimum absolute atomic E-state index is 0.171. The maximum absolute atomic E-state index is 12.9. The Hall–Kier alpha value is -2.54. The van der Waals surface area contributed by atoms with E-state index in [4.69, 9.17) is 0 Å². The molecule has 0 spiro atoms. The zero-order chi connectivity index (χ0) is 21.1. The molecule has 0 unspecified atom stereocenters. The fourth-order valence-corrected chi connectivity index (χ4v) is 4.45. The van der Waals surface area contributed by atoms with Crippen LogP contribution in [0.15, 0.2) is 48.5 Å². The van der Waals surface area contributed by atoms with E-state index in [0.717, 1.165) is 51.0 Å². The molecular weight excluding hydrogens is 391 g/mol. The molecule has 0 radical (unpaired) electrons. The molecule has 30 heavy (non-hydrogen) atoms. The molecule has 2 amide bonds. The fraction of sp³-hybridized carbons (Fsp3) is 0.435. The molecule has 2 heterocycles. The summed E-state index contributed by atoms with van der Waals surface area (Å²) < 4.78 is 38.7. The number of piperidine rings is 1. The standard InChI is InChI=1S/C23H26F3N3O/c24-23(25,26)20-8-3-9-21(13-20)27-22(30)29-11-4-5-17(15-29)14-28-12-10-18-6-1-2-7-19(18)16-28/h1-3,6-9,13,17H,4-5,10-12,14-16H2,(H,27,30)/t17-/m1/s1. The number of anilines is 1. The average molecular weight is 417 g/mol. The summed E-state index contributed by atoms with van der Waals surface area (Å²) in [4.78, 5) is 16.8. The van der Waals surface area contributed by atoms with Gasteiger partial charge in [0.25, 0.3) is 0 Å². The van der Waals surface area contributed by atoms with Gasteiger partial charge in [-0.25, -0.2) is 4.79 Å². The predicted molar refractivity (Wildman–Crippen MR) is 110 cm³/mol. The Morgan fingerprint density at radius 2 is 1.87 bits per heavy atom. The lowest BCUT2D eigenvalue weighted by Gasteiger charge is -2.37. The largest absolute Gasteiger partial charge is 0.416 e. The molecule has 1 fully saturated rings. The first kappa shape index (κ1) is 20.7. The fourth-order valence-electron chi connectivity index (χ4n) is 4.45. The second kappa shape index (κ2) is 8.68. The third kappa shape index (κ3) is 4.95. The van der Waals surface area contributed by atoms with Crippen molar-refractivity contribution in [3.63, 3.8) is 0 Å². The van der Waals surface area contributed by atoms with E-state index >= 15 is 0 Å². The topological polar surface area (TPSA) is 35.6 Å². The van der Waals surface area contributed by atoms with E-state index in [2.05, 4.69) is 34.5 Å². The molecule has 160 valence electrons. The Morgan fingerprint density at radius 1 is 1.07 bits per heavy atom. The van der Waals surface area contributed by atoms with Gasteiger partial charge in [-0.1, -0.05) is 30.3 Å². The lowest BCUT2D eigenvalue weighted by molar-refractivity contribution is -0.137. The molecule has 0 aromatic heterocycles. The first-order chi connectivity index (χ1) is 14.4. The van der Waals surface area contributed by atoms with Crippen LogP contribution in [0.2, 0.25) is 0 Å². The first-order valence-corrected chi connectivity index (χ1v) is 10.4. The van der Waals surface area contributed by atoms with Crippen LogP contribution in [0.4, 0.5) is 23.7 Å². The van der Waals surface area contributed by atoms with Gasteiger partial charge < -0.3 is 10.2 Å². The van der Waals surface area contributed by atoms with E-state index in [0.29, 0.717) is 19.0 Å². The molecular formula is C23H26F3N3O. The lowest BCUT2D eigenvalue weighted by atomic mass is 9.95. The normalized spacial score (nSPS) is 20.0. The van der Waals surface area contributed by atoms with Crippen LogP contribution in [-0.2, 0) is 19.1 Å². The van der Waals surface area contributed by atoms with E-state index in [1.165, 1.54) is 23.3 Å². The number of alkyl halides is 3. The summed E-state index contributed by atoms with van der Waals surface area (Å²) in [5.74, 6) is 0.372.